The molecule has 1 aromatic heterocycles. The predicted octanol–water partition coefficient (Wildman–Crippen LogP) is 1.23. The van der Waals surface area contributed by atoms with Gasteiger partial charge in [0, 0.05) is 30.2 Å². The molecule has 0 fully saturated rings. The third kappa shape index (κ3) is 3.85. The molecule has 0 aliphatic rings. The lowest BCUT2D eigenvalue weighted by atomic mass is 10.1. The molecule has 0 saturated carbocycles. The van der Waals surface area contributed by atoms with E-state index < -0.39 is 0 Å². The SMILES string of the molecule is CNC(C)(C)CNCc1nccs1. The molecule has 0 atom stereocenters. The molecule has 0 aromatic carbocycles. The molecule has 4 heteroatoms. The Morgan fingerprint density at radius 3 is 2.85 bits per heavy atom. The Bertz CT molecular complexity index is 231. The van der Waals surface area contributed by atoms with Crippen LogP contribution in [0, 0.1) is 0 Å². The summed E-state index contributed by atoms with van der Waals surface area (Å²) < 4.78 is 0. The van der Waals surface area contributed by atoms with E-state index in [0.717, 1.165) is 18.1 Å². The second kappa shape index (κ2) is 4.69. The molecule has 0 spiro atoms. The zero-order valence-electron chi connectivity index (χ0n) is 8.42. The molecule has 13 heavy (non-hydrogen) atoms. The zero-order valence-corrected chi connectivity index (χ0v) is 9.24. The average Bonchev–Trinajstić information content (AvgIpc) is 2.57. The van der Waals surface area contributed by atoms with Crippen LogP contribution in [0.3, 0.4) is 0 Å². The first-order chi connectivity index (χ1) is 6.14. The van der Waals surface area contributed by atoms with Crippen molar-refractivity contribution < 1.29 is 0 Å². The number of rotatable bonds is 5. The maximum absolute atomic E-state index is 4.20. The molecule has 3 nitrogen and oxygen atoms in total. The minimum atomic E-state index is 0.150. The van der Waals surface area contributed by atoms with Crippen molar-refractivity contribution in [3.63, 3.8) is 0 Å². The van der Waals surface area contributed by atoms with Crippen molar-refractivity contribution in [3.8, 4) is 0 Å². The van der Waals surface area contributed by atoms with Crippen molar-refractivity contribution in [2.75, 3.05) is 13.6 Å². The van der Waals surface area contributed by atoms with Gasteiger partial charge in [0.15, 0.2) is 0 Å². The highest BCUT2D eigenvalue weighted by Gasteiger charge is 2.13. The van der Waals surface area contributed by atoms with Crippen molar-refractivity contribution in [2.24, 2.45) is 0 Å². The van der Waals surface area contributed by atoms with E-state index in [0.29, 0.717) is 0 Å². The van der Waals surface area contributed by atoms with Gasteiger partial charge in [-0.1, -0.05) is 0 Å². The minimum Gasteiger partial charge on any atom is -0.314 e. The Morgan fingerprint density at radius 1 is 1.54 bits per heavy atom. The summed E-state index contributed by atoms with van der Waals surface area (Å²) in [7, 11) is 1.98. The van der Waals surface area contributed by atoms with E-state index in [9.17, 15) is 0 Å². The van der Waals surface area contributed by atoms with Gasteiger partial charge in [0.1, 0.15) is 5.01 Å². The molecular formula is C9H17N3S. The summed E-state index contributed by atoms with van der Waals surface area (Å²) in [6.07, 6.45) is 1.84. The van der Waals surface area contributed by atoms with Crippen molar-refractivity contribution in [1.82, 2.24) is 15.6 Å². The lowest BCUT2D eigenvalue weighted by Crippen LogP contribution is -2.45. The molecule has 2 N–H and O–H groups in total. The van der Waals surface area contributed by atoms with Gasteiger partial charge in [0.25, 0.3) is 0 Å². The van der Waals surface area contributed by atoms with E-state index in [-0.39, 0.29) is 5.54 Å². The van der Waals surface area contributed by atoms with Crippen molar-refractivity contribution >= 4 is 11.3 Å². The van der Waals surface area contributed by atoms with Crippen molar-refractivity contribution in [3.05, 3.63) is 16.6 Å². The normalized spacial score (nSPS) is 11.9. The van der Waals surface area contributed by atoms with Crippen LogP contribution in [0.4, 0.5) is 0 Å². The van der Waals surface area contributed by atoms with Gasteiger partial charge in [-0.15, -0.1) is 11.3 Å². The number of hydrogen-bond donors (Lipinski definition) is 2. The van der Waals surface area contributed by atoms with Crippen LogP contribution in [0.5, 0.6) is 0 Å². The standard InChI is InChI=1S/C9H17N3S/c1-9(2,10-3)7-11-6-8-12-4-5-13-8/h4-5,10-11H,6-7H2,1-3H3. The molecule has 1 heterocycles. The number of likely N-dealkylation sites (N-methyl/N-ethyl adjacent to an activating group) is 1. The molecule has 0 saturated heterocycles. The van der Waals surface area contributed by atoms with Crippen LogP contribution in [0.15, 0.2) is 11.6 Å². The third-order valence-electron chi connectivity index (χ3n) is 2.00. The fraction of sp³-hybridized carbons (Fsp3) is 0.667. The summed E-state index contributed by atoms with van der Waals surface area (Å²) in [5, 5.41) is 9.75. The van der Waals surface area contributed by atoms with Gasteiger partial charge in [-0.3, -0.25) is 0 Å². The number of nitrogens with zero attached hydrogens (tertiary/aromatic N) is 1. The lowest BCUT2D eigenvalue weighted by Gasteiger charge is -2.23. The Kier molecular flexibility index (Phi) is 3.84. The van der Waals surface area contributed by atoms with Gasteiger partial charge in [0.2, 0.25) is 0 Å². The Hall–Kier alpha value is -0.450. The van der Waals surface area contributed by atoms with Crippen LogP contribution in [-0.2, 0) is 6.54 Å². The van der Waals surface area contributed by atoms with E-state index in [1.54, 1.807) is 11.3 Å². The van der Waals surface area contributed by atoms with Gasteiger partial charge < -0.3 is 10.6 Å². The molecule has 1 rings (SSSR count). The summed E-state index contributed by atoms with van der Waals surface area (Å²) in [6, 6.07) is 0. The summed E-state index contributed by atoms with van der Waals surface area (Å²) in [6.45, 7) is 6.15. The molecule has 0 bridgehead atoms. The molecule has 0 radical (unpaired) electrons. The molecular weight excluding hydrogens is 182 g/mol. The highest BCUT2D eigenvalue weighted by atomic mass is 32.1. The predicted molar refractivity (Wildman–Crippen MR) is 57.0 cm³/mol. The van der Waals surface area contributed by atoms with Gasteiger partial charge >= 0.3 is 0 Å². The summed E-state index contributed by atoms with van der Waals surface area (Å²) in [5.41, 5.74) is 0.150. The van der Waals surface area contributed by atoms with E-state index in [1.165, 1.54) is 0 Å². The third-order valence-corrected chi connectivity index (χ3v) is 2.78. The maximum atomic E-state index is 4.20. The second-order valence-electron chi connectivity index (χ2n) is 3.66. The average molecular weight is 199 g/mol. The molecule has 0 amide bonds. The molecule has 0 unspecified atom stereocenters. The van der Waals surface area contributed by atoms with Gasteiger partial charge in [-0.2, -0.15) is 0 Å². The van der Waals surface area contributed by atoms with Crippen LogP contribution in [-0.4, -0.2) is 24.1 Å². The van der Waals surface area contributed by atoms with Crippen LogP contribution in [0.2, 0.25) is 0 Å². The van der Waals surface area contributed by atoms with E-state index in [2.05, 4.69) is 29.5 Å². The summed E-state index contributed by atoms with van der Waals surface area (Å²) in [5.74, 6) is 0. The Morgan fingerprint density at radius 2 is 2.31 bits per heavy atom. The highest BCUT2D eigenvalue weighted by Crippen LogP contribution is 2.04. The monoisotopic (exact) mass is 199 g/mol. The fourth-order valence-corrected chi connectivity index (χ4v) is 1.50. The van der Waals surface area contributed by atoms with Gasteiger partial charge in [-0.25, -0.2) is 4.98 Å². The summed E-state index contributed by atoms with van der Waals surface area (Å²) >= 11 is 1.69. The smallest absolute Gasteiger partial charge is 0.106 e. The highest BCUT2D eigenvalue weighted by molar-refractivity contribution is 7.09. The molecule has 0 aliphatic heterocycles. The number of nitrogens with one attached hydrogen (secondary N) is 2. The molecule has 74 valence electrons. The fourth-order valence-electron chi connectivity index (χ4n) is 0.911. The minimum absolute atomic E-state index is 0.150. The Labute approximate surface area is 83.6 Å². The number of thiazole rings is 1. The molecule has 1 aromatic rings. The first-order valence-electron chi connectivity index (χ1n) is 4.42. The van der Waals surface area contributed by atoms with Gasteiger partial charge in [0.05, 0.1) is 0 Å². The lowest BCUT2D eigenvalue weighted by molar-refractivity contribution is 0.393. The van der Waals surface area contributed by atoms with Crippen molar-refractivity contribution in [2.45, 2.75) is 25.9 Å². The van der Waals surface area contributed by atoms with Crippen LogP contribution in [0.25, 0.3) is 0 Å². The first kappa shape index (κ1) is 10.6. The zero-order chi connectivity index (χ0) is 9.73. The van der Waals surface area contributed by atoms with Crippen molar-refractivity contribution in [1.29, 1.82) is 0 Å². The van der Waals surface area contributed by atoms with Crippen LogP contribution < -0.4 is 10.6 Å². The van der Waals surface area contributed by atoms with Crippen LogP contribution >= 0.6 is 11.3 Å². The van der Waals surface area contributed by atoms with Crippen LogP contribution in [0.1, 0.15) is 18.9 Å². The van der Waals surface area contributed by atoms with E-state index in [1.807, 2.05) is 18.6 Å². The summed E-state index contributed by atoms with van der Waals surface area (Å²) in [4.78, 5) is 4.20. The first-order valence-corrected chi connectivity index (χ1v) is 5.30. The number of hydrogen-bond acceptors (Lipinski definition) is 4. The Balaban J connectivity index is 2.21. The van der Waals surface area contributed by atoms with Gasteiger partial charge in [-0.05, 0) is 20.9 Å². The second-order valence-corrected chi connectivity index (χ2v) is 4.64. The largest absolute Gasteiger partial charge is 0.314 e. The molecule has 0 aliphatic carbocycles. The quantitative estimate of drug-likeness (QED) is 0.749. The van der Waals surface area contributed by atoms with E-state index in [4.69, 9.17) is 0 Å². The number of aromatic nitrogens is 1. The van der Waals surface area contributed by atoms with E-state index >= 15 is 0 Å². The maximum Gasteiger partial charge on any atom is 0.106 e. The topological polar surface area (TPSA) is 37.0 Å².